The summed E-state index contributed by atoms with van der Waals surface area (Å²) in [6.07, 6.45) is 3.98. The standard InChI is InChI=1S/C17H24N2O4/c1-2-3-10-23-16(20)13-6-8-14(9-7-13)19-17(21)18-12-15-5-4-11-22-15/h6-9,15H,2-5,10-12H2,1H3,(H2,18,19,21). The molecule has 0 saturated carbocycles. The first kappa shape index (κ1) is 17.3. The number of urea groups is 1. The Kier molecular flexibility index (Phi) is 6.87. The predicted molar refractivity (Wildman–Crippen MR) is 87.6 cm³/mol. The van der Waals surface area contributed by atoms with E-state index in [1.807, 2.05) is 6.92 Å². The van der Waals surface area contributed by atoms with Crippen LogP contribution in [0.15, 0.2) is 24.3 Å². The van der Waals surface area contributed by atoms with E-state index in [4.69, 9.17) is 9.47 Å². The fraction of sp³-hybridized carbons (Fsp3) is 0.529. The van der Waals surface area contributed by atoms with Crippen LogP contribution in [-0.4, -0.2) is 37.9 Å². The van der Waals surface area contributed by atoms with Crippen molar-refractivity contribution in [3.05, 3.63) is 29.8 Å². The molecule has 1 aromatic carbocycles. The number of unbranched alkanes of at least 4 members (excludes halogenated alkanes) is 1. The Hall–Kier alpha value is -2.08. The highest BCUT2D eigenvalue weighted by Gasteiger charge is 2.16. The van der Waals surface area contributed by atoms with Gasteiger partial charge in [0.2, 0.25) is 0 Å². The Morgan fingerprint density at radius 2 is 2.09 bits per heavy atom. The van der Waals surface area contributed by atoms with Crippen LogP contribution >= 0.6 is 0 Å². The van der Waals surface area contributed by atoms with Crippen LogP contribution in [0.4, 0.5) is 10.5 Å². The van der Waals surface area contributed by atoms with Crippen molar-refractivity contribution in [2.24, 2.45) is 0 Å². The number of ether oxygens (including phenoxy) is 2. The summed E-state index contributed by atoms with van der Waals surface area (Å²) in [5.74, 6) is -0.340. The third-order valence-corrected chi connectivity index (χ3v) is 3.62. The van der Waals surface area contributed by atoms with Crippen LogP contribution < -0.4 is 10.6 Å². The molecular weight excluding hydrogens is 296 g/mol. The number of esters is 1. The van der Waals surface area contributed by atoms with Crippen LogP contribution in [0.5, 0.6) is 0 Å². The molecule has 126 valence electrons. The van der Waals surface area contributed by atoms with Crippen LogP contribution in [0.1, 0.15) is 43.0 Å². The lowest BCUT2D eigenvalue weighted by Crippen LogP contribution is -2.35. The van der Waals surface area contributed by atoms with Gasteiger partial charge in [-0.3, -0.25) is 0 Å². The Balaban J connectivity index is 1.75. The summed E-state index contributed by atoms with van der Waals surface area (Å²) in [5.41, 5.74) is 1.10. The zero-order valence-corrected chi connectivity index (χ0v) is 13.5. The molecule has 1 aromatic rings. The smallest absolute Gasteiger partial charge is 0.338 e. The van der Waals surface area contributed by atoms with Crippen LogP contribution in [0.25, 0.3) is 0 Å². The molecule has 2 N–H and O–H groups in total. The number of carbonyl (C=O) groups is 2. The Morgan fingerprint density at radius 3 is 2.74 bits per heavy atom. The molecule has 0 aliphatic carbocycles. The highest BCUT2D eigenvalue weighted by molar-refractivity contribution is 5.92. The number of nitrogens with one attached hydrogen (secondary N) is 2. The lowest BCUT2D eigenvalue weighted by molar-refractivity contribution is 0.0500. The maximum absolute atomic E-state index is 11.8. The molecule has 1 unspecified atom stereocenters. The van der Waals surface area contributed by atoms with Crippen LogP contribution in [-0.2, 0) is 9.47 Å². The fourth-order valence-electron chi connectivity index (χ4n) is 2.27. The van der Waals surface area contributed by atoms with Crippen molar-refractivity contribution in [2.75, 3.05) is 25.1 Å². The maximum atomic E-state index is 11.8. The van der Waals surface area contributed by atoms with E-state index >= 15 is 0 Å². The molecule has 0 bridgehead atoms. The van der Waals surface area contributed by atoms with E-state index in [1.165, 1.54) is 0 Å². The van der Waals surface area contributed by atoms with Gasteiger partial charge in [0.15, 0.2) is 0 Å². The maximum Gasteiger partial charge on any atom is 0.338 e. The number of carbonyl (C=O) groups excluding carboxylic acids is 2. The van der Waals surface area contributed by atoms with E-state index < -0.39 is 0 Å². The fourth-order valence-corrected chi connectivity index (χ4v) is 2.27. The first-order valence-corrected chi connectivity index (χ1v) is 8.12. The van der Waals surface area contributed by atoms with Crippen molar-refractivity contribution in [3.63, 3.8) is 0 Å². The minimum absolute atomic E-state index is 0.112. The summed E-state index contributed by atoms with van der Waals surface area (Å²) in [5, 5.41) is 5.50. The highest BCUT2D eigenvalue weighted by atomic mass is 16.5. The van der Waals surface area contributed by atoms with Crippen molar-refractivity contribution in [3.8, 4) is 0 Å². The minimum atomic E-state index is -0.340. The third kappa shape index (κ3) is 5.90. The zero-order chi connectivity index (χ0) is 16.5. The second-order valence-electron chi connectivity index (χ2n) is 5.54. The van der Waals surface area contributed by atoms with Crippen molar-refractivity contribution < 1.29 is 19.1 Å². The lowest BCUT2D eigenvalue weighted by Gasteiger charge is -2.12. The topological polar surface area (TPSA) is 76.7 Å². The van der Waals surface area contributed by atoms with Crippen molar-refractivity contribution in [1.82, 2.24) is 5.32 Å². The molecule has 1 atom stereocenters. The van der Waals surface area contributed by atoms with Gasteiger partial charge in [-0.05, 0) is 43.5 Å². The number of anilines is 1. The normalized spacial score (nSPS) is 16.8. The van der Waals surface area contributed by atoms with Gasteiger partial charge in [0.1, 0.15) is 0 Å². The zero-order valence-electron chi connectivity index (χ0n) is 13.5. The van der Waals surface area contributed by atoms with Gasteiger partial charge in [0.25, 0.3) is 0 Å². The molecule has 1 heterocycles. The second kappa shape index (κ2) is 9.15. The quantitative estimate of drug-likeness (QED) is 0.598. The summed E-state index contributed by atoms with van der Waals surface area (Å²) in [6, 6.07) is 6.37. The molecule has 0 aromatic heterocycles. The molecule has 1 fully saturated rings. The molecule has 1 aliphatic rings. The molecule has 6 nitrogen and oxygen atoms in total. The number of benzene rings is 1. The molecule has 1 aliphatic heterocycles. The van der Waals surface area contributed by atoms with Crippen LogP contribution in [0.3, 0.4) is 0 Å². The first-order chi connectivity index (χ1) is 11.2. The molecule has 0 spiro atoms. The number of amides is 2. The van der Waals surface area contributed by atoms with E-state index in [0.717, 1.165) is 32.3 Å². The number of hydrogen-bond donors (Lipinski definition) is 2. The van der Waals surface area contributed by atoms with Gasteiger partial charge in [-0.1, -0.05) is 13.3 Å². The van der Waals surface area contributed by atoms with Gasteiger partial charge in [-0.2, -0.15) is 0 Å². The summed E-state index contributed by atoms with van der Waals surface area (Å²) in [6.45, 7) is 3.75. The molecule has 2 rings (SSSR count). The Labute approximate surface area is 136 Å². The van der Waals surface area contributed by atoms with Crippen molar-refractivity contribution in [2.45, 2.75) is 38.7 Å². The average Bonchev–Trinajstić information content (AvgIpc) is 3.07. The summed E-state index contributed by atoms with van der Waals surface area (Å²) in [7, 11) is 0. The second-order valence-corrected chi connectivity index (χ2v) is 5.54. The van der Waals surface area contributed by atoms with E-state index in [9.17, 15) is 9.59 Å². The van der Waals surface area contributed by atoms with Gasteiger partial charge >= 0.3 is 12.0 Å². The summed E-state index contributed by atoms with van der Waals surface area (Å²) >= 11 is 0. The molecule has 1 saturated heterocycles. The van der Waals surface area contributed by atoms with Crippen molar-refractivity contribution in [1.29, 1.82) is 0 Å². The number of hydrogen-bond acceptors (Lipinski definition) is 4. The molecule has 6 heteroatoms. The Morgan fingerprint density at radius 1 is 1.30 bits per heavy atom. The van der Waals surface area contributed by atoms with Crippen LogP contribution in [0.2, 0.25) is 0 Å². The van der Waals surface area contributed by atoms with E-state index in [-0.39, 0.29) is 18.1 Å². The number of rotatable bonds is 7. The summed E-state index contributed by atoms with van der Waals surface area (Å²) in [4.78, 5) is 23.6. The first-order valence-electron chi connectivity index (χ1n) is 8.12. The SMILES string of the molecule is CCCCOC(=O)c1ccc(NC(=O)NCC2CCCO2)cc1. The largest absolute Gasteiger partial charge is 0.462 e. The third-order valence-electron chi connectivity index (χ3n) is 3.62. The molecule has 2 amide bonds. The Bertz CT molecular complexity index is 510. The van der Waals surface area contributed by atoms with Gasteiger partial charge in [-0.15, -0.1) is 0 Å². The summed E-state index contributed by atoms with van der Waals surface area (Å²) < 4.78 is 10.6. The predicted octanol–water partition coefficient (Wildman–Crippen LogP) is 2.94. The van der Waals surface area contributed by atoms with Gasteiger partial charge in [-0.25, -0.2) is 9.59 Å². The molecule has 23 heavy (non-hydrogen) atoms. The van der Waals surface area contributed by atoms with Gasteiger partial charge in [0.05, 0.1) is 18.3 Å². The average molecular weight is 320 g/mol. The highest BCUT2D eigenvalue weighted by Crippen LogP contribution is 2.12. The van der Waals surface area contributed by atoms with E-state index in [0.29, 0.717) is 24.4 Å². The molecular formula is C17H24N2O4. The van der Waals surface area contributed by atoms with Gasteiger partial charge < -0.3 is 20.1 Å². The van der Waals surface area contributed by atoms with E-state index in [2.05, 4.69) is 10.6 Å². The minimum Gasteiger partial charge on any atom is -0.462 e. The van der Waals surface area contributed by atoms with Gasteiger partial charge in [0, 0.05) is 18.8 Å². The lowest BCUT2D eigenvalue weighted by atomic mass is 10.2. The van der Waals surface area contributed by atoms with E-state index in [1.54, 1.807) is 24.3 Å². The van der Waals surface area contributed by atoms with Crippen LogP contribution in [0, 0.1) is 0 Å². The monoisotopic (exact) mass is 320 g/mol. The molecule has 0 radical (unpaired) electrons. The van der Waals surface area contributed by atoms with Crippen molar-refractivity contribution >= 4 is 17.7 Å².